The van der Waals surface area contributed by atoms with Crippen LogP contribution in [0.2, 0.25) is 0 Å². The maximum absolute atomic E-state index is 14.4. The highest BCUT2D eigenvalue weighted by atomic mass is 35.5. The van der Waals surface area contributed by atoms with Crippen LogP contribution in [0, 0.1) is 31.4 Å². The molecule has 3 aromatic heterocycles. The van der Waals surface area contributed by atoms with E-state index < -0.39 is 40.0 Å². The number of anilines is 3. The van der Waals surface area contributed by atoms with Gasteiger partial charge in [-0.1, -0.05) is 103 Å². The van der Waals surface area contributed by atoms with Gasteiger partial charge < -0.3 is 44.2 Å². The zero-order valence-corrected chi connectivity index (χ0v) is 47.4. The van der Waals surface area contributed by atoms with Crippen molar-refractivity contribution in [3.63, 3.8) is 0 Å². The number of carbonyl (C=O) groups is 4. The van der Waals surface area contributed by atoms with Gasteiger partial charge in [0.1, 0.15) is 45.3 Å². The van der Waals surface area contributed by atoms with Gasteiger partial charge in [0, 0.05) is 53.7 Å². The van der Waals surface area contributed by atoms with E-state index in [9.17, 15) is 23.2 Å². The molecule has 0 fully saturated rings. The van der Waals surface area contributed by atoms with Crippen molar-refractivity contribution in [2.24, 2.45) is 32.2 Å². The third-order valence-corrected chi connectivity index (χ3v) is 12.8. The number of carbonyl (C=O) groups excluding carboxylic acids is 2. The molecule has 0 saturated carbocycles. The maximum atomic E-state index is 14.4. The number of carboxylic acid groups (broad SMARTS) is 2. The molecule has 27 heteroatoms. The Hall–Kier alpha value is -9.91. The zero-order chi connectivity index (χ0) is 61.5. The first-order chi connectivity index (χ1) is 39.2. The minimum absolute atomic E-state index is 0. The Morgan fingerprint density at radius 1 is 0.545 bits per heavy atom. The van der Waals surface area contributed by atoms with Gasteiger partial charge in [0.2, 0.25) is 17.1 Å². The summed E-state index contributed by atoms with van der Waals surface area (Å²) in [7, 11) is 0. The molecule has 3 aromatic carbocycles. The number of pyridine rings is 3. The fourth-order valence-corrected chi connectivity index (χ4v) is 9.01. The lowest BCUT2D eigenvalue weighted by Crippen LogP contribution is -2.25. The van der Waals surface area contributed by atoms with Crippen molar-refractivity contribution in [1.29, 1.82) is 0 Å². The number of aromatic carboxylic acids is 1. The number of aliphatic imine (C=N–C) groups is 3. The number of aliphatic carboxylic acids is 1. The lowest BCUT2D eigenvalue weighted by Gasteiger charge is -2.26. The second kappa shape index (κ2) is 37.5. The first-order valence-corrected chi connectivity index (χ1v) is 26.5. The highest BCUT2D eigenvalue weighted by molar-refractivity contribution is 8.16. The number of hydrogen-bond acceptors (Lipinski definition) is 18. The van der Waals surface area contributed by atoms with Crippen LogP contribution in [0.5, 0.6) is 0 Å². The van der Waals surface area contributed by atoms with Gasteiger partial charge in [0.15, 0.2) is 15.5 Å². The molecule has 3 aliphatic heterocycles. The molecule has 0 aliphatic carbocycles. The number of nitrogens with one attached hydrogen (secondary N) is 1. The number of benzene rings is 3. The average molecular weight is 1280 g/mol. The molecule has 0 unspecified atom stereocenters. The van der Waals surface area contributed by atoms with Crippen LogP contribution in [0.15, 0.2) is 165 Å². The number of aromatic nitrogens is 3. The lowest BCUT2D eigenvalue weighted by atomic mass is 9.92. The van der Waals surface area contributed by atoms with Crippen LogP contribution >= 0.6 is 46.9 Å². The minimum atomic E-state index is -1.08. The SMILES string of the molecule is C.C.C.C.C.CC(=O)O.C[C@@]1(c2cc(N)ccc2F)C=CSC(N)=N1.C[C@@]1(c2cccc(N)c2)C=CSC(N)=N1.[C-]#[N+]c1ccc(C(=O)Cl)nc1.[C-]#[N+]c1ccc(C(=O)Nc2ccc(F)c([C@]3(C)C=CSC(N)=N3)c2)nc1.[C-]#[N+]c1ccc(C(=O)O)nc1. The van der Waals surface area contributed by atoms with E-state index in [2.05, 4.69) is 49.8 Å². The number of carboxylic acids is 2. The fourth-order valence-electron chi connectivity index (χ4n) is 6.75. The first-order valence-electron chi connectivity index (χ1n) is 23.5. The Morgan fingerprint density at radius 2 is 0.932 bits per heavy atom. The van der Waals surface area contributed by atoms with Crippen molar-refractivity contribution in [3.8, 4) is 0 Å². The van der Waals surface area contributed by atoms with Crippen molar-refractivity contribution >= 4 is 120 Å². The van der Waals surface area contributed by atoms with Crippen molar-refractivity contribution in [2.45, 2.75) is 81.4 Å². The number of amidine groups is 3. The summed E-state index contributed by atoms with van der Waals surface area (Å²) in [6, 6.07) is 25.0. The molecule has 0 saturated heterocycles. The Labute approximate surface area is 530 Å². The van der Waals surface area contributed by atoms with Crippen LogP contribution in [0.25, 0.3) is 14.5 Å². The van der Waals surface area contributed by atoms with Crippen LogP contribution < -0.4 is 34.0 Å². The van der Waals surface area contributed by atoms with Crippen LogP contribution in [-0.2, 0) is 21.4 Å². The number of nitrogens with two attached hydrogens (primary N) is 5. The monoisotopic (exact) mass is 1280 g/mol. The van der Waals surface area contributed by atoms with Crippen LogP contribution in [0.4, 0.5) is 42.9 Å². The van der Waals surface area contributed by atoms with E-state index >= 15 is 0 Å². The van der Waals surface area contributed by atoms with E-state index in [0.29, 0.717) is 55.1 Å². The summed E-state index contributed by atoms with van der Waals surface area (Å²) < 4.78 is 28.1. The lowest BCUT2D eigenvalue weighted by molar-refractivity contribution is -0.134. The number of hydrogen-bond donors (Lipinski definition) is 8. The van der Waals surface area contributed by atoms with Gasteiger partial charge in [-0.25, -0.2) is 43.1 Å². The number of nitrogen functional groups attached to an aromatic ring is 2. The molecule has 6 aromatic rings. The molecule has 0 spiro atoms. The van der Waals surface area contributed by atoms with Crippen molar-refractivity contribution in [3.05, 3.63) is 230 Å². The summed E-state index contributed by atoms with van der Waals surface area (Å²) in [4.78, 5) is 75.6. The molecular weight excluding hydrogens is 1210 g/mol. The number of amides is 1. The molecule has 88 heavy (non-hydrogen) atoms. The highest BCUT2D eigenvalue weighted by Gasteiger charge is 2.31. The first kappa shape index (κ1) is 80.2. The number of halogens is 3. The molecule has 464 valence electrons. The Bertz CT molecular complexity index is 3610. The summed E-state index contributed by atoms with van der Waals surface area (Å²) in [5, 5.41) is 24.8. The van der Waals surface area contributed by atoms with Crippen molar-refractivity contribution in [2.75, 3.05) is 16.8 Å². The maximum Gasteiger partial charge on any atom is 0.354 e. The van der Waals surface area contributed by atoms with Gasteiger partial charge in [-0.15, -0.1) is 0 Å². The summed E-state index contributed by atoms with van der Waals surface area (Å²) in [5.41, 5.74) is 31.2. The molecule has 1 amide bonds. The summed E-state index contributed by atoms with van der Waals surface area (Å²) in [6.45, 7) is 26.7. The largest absolute Gasteiger partial charge is 0.481 e. The molecule has 0 bridgehead atoms. The Kier molecular flexibility index (Phi) is 34.2. The second-order valence-electron chi connectivity index (χ2n) is 17.2. The molecular formula is C61H70ClF2N15O6S3. The predicted octanol–water partition coefficient (Wildman–Crippen LogP) is 14.7. The summed E-state index contributed by atoms with van der Waals surface area (Å²) >= 11 is 9.14. The van der Waals surface area contributed by atoms with Gasteiger partial charge in [0.25, 0.3) is 17.1 Å². The van der Waals surface area contributed by atoms with E-state index in [-0.39, 0.29) is 65.6 Å². The van der Waals surface area contributed by atoms with E-state index in [1.807, 2.05) is 54.2 Å². The molecule has 9 rings (SSSR count). The quantitative estimate of drug-likeness (QED) is 0.0418. The zero-order valence-electron chi connectivity index (χ0n) is 44.2. The topological polar surface area (TPSA) is 340 Å². The van der Waals surface area contributed by atoms with Gasteiger partial charge in [-0.05, 0) is 139 Å². The smallest absolute Gasteiger partial charge is 0.354 e. The van der Waals surface area contributed by atoms with Gasteiger partial charge in [-0.2, -0.15) is 0 Å². The third kappa shape index (κ3) is 24.6. The minimum Gasteiger partial charge on any atom is -0.481 e. The summed E-state index contributed by atoms with van der Waals surface area (Å²) in [5.74, 6) is -3.15. The average Bonchev–Trinajstić information content (AvgIpc) is 3.50. The van der Waals surface area contributed by atoms with Gasteiger partial charge in [0.05, 0.1) is 19.7 Å². The number of thioether (sulfide) groups is 3. The number of rotatable bonds is 7. The Balaban J connectivity index is 0. The Morgan fingerprint density at radius 3 is 1.32 bits per heavy atom. The molecule has 6 heterocycles. The molecule has 13 N–H and O–H groups in total. The van der Waals surface area contributed by atoms with Crippen LogP contribution in [0.3, 0.4) is 0 Å². The normalized spacial score (nSPS) is 16.7. The molecule has 21 nitrogen and oxygen atoms in total. The van der Waals surface area contributed by atoms with Gasteiger partial charge in [-0.3, -0.25) is 29.3 Å². The van der Waals surface area contributed by atoms with E-state index in [1.165, 1.54) is 121 Å². The standard InChI is InChI=1S/C18H14FN5OS.C11H12FN3S.C11H13N3S.C7H3ClN2O.C7H4N2O2.C2H4O2.5CH4/c1-18(7-8-26-17(20)24-18)13-9-11(3-5-14(13)19)23-16(25)15-6-4-12(21-2)10-22-15;1-11(4-5-16-10(14)15-11)8-6-7(13)2-3-9(8)12;1-11(5-6-15-10(13)14-11)8-3-2-4-9(12)7-8;1-9-5-2-3-6(7(8)11)10-4-5;1-8-5-2-3-6(7(10)11)9-4-5;1-2(3)4;;;;;/h3-10H,1H3,(H2,20,24)(H,23,25);2-6H,13H2,1H3,(H2,14,15);2-7H,12H2,1H3,(H2,13,14);2-4H;2-4H,(H,10,11);1H3,(H,3,4);5*1H4/t18-;2*11-;;;;;;;;/m000......../s1. The van der Waals surface area contributed by atoms with E-state index in [0.717, 1.165) is 18.2 Å². The van der Waals surface area contributed by atoms with Gasteiger partial charge >= 0.3 is 5.97 Å². The van der Waals surface area contributed by atoms with Crippen LogP contribution in [0.1, 0.15) is 113 Å². The summed E-state index contributed by atoms with van der Waals surface area (Å²) in [6.07, 6.45) is 9.46. The highest BCUT2D eigenvalue weighted by Crippen LogP contribution is 2.37. The van der Waals surface area contributed by atoms with E-state index in [4.69, 9.17) is 75.0 Å². The van der Waals surface area contributed by atoms with E-state index in [1.54, 1.807) is 31.4 Å². The van der Waals surface area contributed by atoms with Crippen molar-refractivity contribution < 1.29 is 38.2 Å². The molecule has 3 atom stereocenters. The second-order valence-corrected chi connectivity index (χ2v) is 20.3. The fraction of sp³-hybridized carbons (Fsp3) is 0.197. The predicted molar refractivity (Wildman–Crippen MR) is 359 cm³/mol. The molecule has 0 radical (unpaired) electrons. The number of nitrogens with zero attached hydrogens (tertiary/aromatic N) is 9. The van der Waals surface area contributed by atoms with Crippen molar-refractivity contribution in [1.82, 2.24) is 15.0 Å². The van der Waals surface area contributed by atoms with Crippen LogP contribution in [-0.4, -0.2) is 63.8 Å². The molecule has 3 aliphatic rings. The third-order valence-electron chi connectivity index (χ3n) is 10.8.